The molecule has 1 aliphatic heterocycles. The third-order valence-electron chi connectivity index (χ3n) is 4.71. The van der Waals surface area contributed by atoms with Gasteiger partial charge in [0.25, 0.3) is 0 Å². The summed E-state index contributed by atoms with van der Waals surface area (Å²) in [6.45, 7) is 4.13. The number of carbonyl (C=O) groups excluding carboxylic acids is 1. The number of hydrogen-bond acceptors (Lipinski definition) is 4. The third kappa shape index (κ3) is 6.67. The monoisotopic (exact) mass is 363 g/mol. The zero-order chi connectivity index (χ0) is 18.8. The first-order valence-corrected chi connectivity index (χ1v) is 9.39. The van der Waals surface area contributed by atoms with Gasteiger partial charge >= 0.3 is 5.97 Å². The van der Waals surface area contributed by atoms with E-state index in [-0.39, 0.29) is 18.4 Å². The van der Waals surface area contributed by atoms with Crippen LogP contribution in [0.2, 0.25) is 0 Å². The molecule has 0 aromatic heterocycles. The lowest BCUT2D eigenvalue weighted by atomic mass is 9.86. The van der Waals surface area contributed by atoms with Gasteiger partial charge in [0, 0.05) is 26.2 Å². The van der Waals surface area contributed by atoms with Crippen LogP contribution in [0.3, 0.4) is 0 Å². The van der Waals surface area contributed by atoms with Gasteiger partial charge in [0.1, 0.15) is 5.75 Å². The lowest BCUT2D eigenvalue weighted by Gasteiger charge is -2.27. The van der Waals surface area contributed by atoms with Crippen LogP contribution in [0.5, 0.6) is 5.75 Å². The molecule has 1 heterocycles. The zero-order valence-electron chi connectivity index (χ0n) is 15.4. The van der Waals surface area contributed by atoms with E-state index < -0.39 is 11.9 Å². The number of aliphatic carboxylic acids is 1. The topological polar surface area (TPSA) is 84.9 Å². The number of nitrogens with one attached hydrogen (secondary N) is 1. The Morgan fingerprint density at radius 3 is 2.58 bits per heavy atom. The van der Waals surface area contributed by atoms with E-state index in [1.807, 2.05) is 24.3 Å². The second-order valence-electron chi connectivity index (χ2n) is 6.69. The van der Waals surface area contributed by atoms with Gasteiger partial charge in [-0.15, -0.1) is 0 Å². The van der Waals surface area contributed by atoms with Crippen LogP contribution in [0.25, 0.3) is 0 Å². The van der Waals surface area contributed by atoms with Crippen molar-refractivity contribution in [2.24, 2.45) is 11.8 Å². The lowest BCUT2D eigenvalue weighted by Crippen LogP contribution is -2.39. The van der Waals surface area contributed by atoms with Crippen LogP contribution < -0.4 is 10.1 Å². The van der Waals surface area contributed by atoms with Gasteiger partial charge in [-0.2, -0.15) is 0 Å². The summed E-state index contributed by atoms with van der Waals surface area (Å²) < 4.78 is 10.8. The molecule has 2 rings (SSSR count). The lowest BCUT2D eigenvalue weighted by molar-refractivity contribution is -0.144. The highest BCUT2D eigenvalue weighted by atomic mass is 16.5. The van der Waals surface area contributed by atoms with E-state index in [1.165, 1.54) is 0 Å². The molecule has 26 heavy (non-hydrogen) atoms. The second-order valence-corrected chi connectivity index (χ2v) is 6.69. The molecule has 1 aromatic carbocycles. The van der Waals surface area contributed by atoms with Gasteiger partial charge in [-0.05, 0) is 49.3 Å². The highest BCUT2D eigenvalue weighted by Gasteiger charge is 2.29. The number of carbonyl (C=O) groups is 2. The Morgan fingerprint density at radius 2 is 1.96 bits per heavy atom. The van der Waals surface area contributed by atoms with Gasteiger partial charge in [-0.3, -0.25) is 9.59 Å². The SMILES string of the molecule is CCCOc1ccc(CCC(=O)NCC(C(=O)O)C2CCOCC2)cc1. The van der Waals surface area contributed by atoms with Crippen LogP contribution >= 0.6 is 0 Å². The Morgan fingerprint density at radius 1 is 1.27 bits per heavy atom. The van der Waals surface area contributed by atoms with Crippen molar-refractivity contribution in [3.63, 3.8) is 0 Å². The first kappa shape index (κ1) is 20.2. The number of hydrogen-bond donors (Lipinski definition) is 2. The Labute approximate surface area is 154 Å². The Hall–Kier alpha value is -2.08. The number of carboxylic acid groups (broad SMARTS) is 1. The molecule has 1 atom stereocenters. The maximum absolute atomic E-state index is 12.1. The molecule has 0 spiro atoms. The Bertz CT molecular complexity index is 566. The predicted molar refractivity (Wildman–Crippen MR) is 98.2 cm³/mol. The molecule has 1 unspecified atom stereocenters. The largest absolute Gasteiger partial charge is 0.494 e. The summed E-state index contributed by atoms with van der Waals surface area (Å²) in [6, 6.07) is 7.74. The Kier molecular flexibility index (Phi) is 8.41. The summed E-state index contributed by atoms with van der Waals surface area (Å²) in [4.78, 5) is 23.6. The van der Waals surface area contributed by atoms with Gasteiger partial charge in [0.05, 0.1) is 12.5 Å². The summed E-state index contributed by atoms with van der Waals surface area (Å²) in [7, 11) is 0. The van der Waals surface area contributed by atoms with E-state index in [0.29, 0.717) is 32.7 Å². The maximum Gasteiger partial charge on any atom is 0.308 e. The number of ether oxygens (including phenoxy) is 2. The fraction of sp³-hybridized carbons (Fsp3) is 0.600. The predicted octanol–water partition coefficient (Wildman–Crippen LogP) is 2.65. The third-order valence-corrected chi connectivity index (χ3v) is 4.71. The number of rotatable bonds is 10. The molecule has 0 radical (unpaired) electrons. The molecular formula is C20H29NO5. The molecule has 2 N–H and O–H groups in total. The molecule has 0 bridgehead atoms. The molecule has 6 nitrogen and oxygen atoms in total. The average Bonchev–Trinajstić information content (AvgIpc) is 2.66. The van der Waals surface area contributed by atoms with Crippen LogP contribution in [0.15, 0.2) is 24.3 Å². The molecule has 1 saturated heterocycles. The van der Waals surface area contributed by atoms with Crippen molar-refractivity contribution in [2.45, 2.75) is 39.0 Å². The molecule has 1 aliphatic rings. The molecule has 0 saturated carbocycles. The van der Waals surface area contributed by atoms with E-state index in [1.54, 1.807) is 0 Å². The van der Waals surface area contributed by atoms with Crippen molar-refractivity contribution in [1.29, 1.82) is 0 Å². The molecule has 6 heteroatoms. The van der Waals surface area contributed by atoms with E-state index in [2.05, 4.69) is 12.2 Å². The molecule has 1 amide bonds. The van der Waals surface area contributed by atoms with E-state index in [0.717, 1.165) is 30.6 Å². The van der Waals surface area contributed by atoms with E-state index in [4.69, 9.17) is 9.47 Å². The second kappa shape index (κ2) is 10.8. The highest BCUT2D eigenvalue weighted by Crippen LogP contribution is 2.23. The van der Waals surface area contributed by atoms with Gasteiger partial charge in [-0.1, -0.05) is 19.1 Å². The van der Waals surface area contributed by atoms with Crippen molar-refractivity contribution in [1.82, 2.24) is 5.32 Å². The van der Waals surface area contributed by atoms with Crippen molar-refractivity contribution in [3.8, 4) is 5.75 Å². The van der Waals surface area contributed by atoms with Crippen LogP contribution in [0.1, 0.15) is 38.2 Å². The zero-order valence-corrected chi connectivity index (χ0v) is 15.4. The van der Waals surface area contributed by atoms with E-state index >= 15 is 0 Å². The van der Waals surface area contributed by atoms with Gasteiger partial charge in [0.2, 0.25) is 5.91 Å². The number of benzene rings is 1. The number of carboxylic acids is 1. The molecule has 0 aliphatic carbocycles. The van der Waals surface area contributed by atoms with Crippen LogP contribution in [-0.4, -0.2) is 43.3 Å². The minimum absolute atomic E-state index is 0.0669. The summed E-state index contributed by atoms with van der Waals surface area (Å²) in [5.41, 5.74) is 1.06. The Balaban J connectivity index is 1.74. The average molecular weight is 363 g/mol. The van der Waals surface area contributed by atoms with Crippen molar-refractivity contribution in [2.75, 3.05) is 26.4 Å². The summed E-state index contributed by atoms with van der Waals surface area (Å²) >= 11 is 0. The molecule has 1 fully saturated rings. The normalized spacial score (nSPS) is 16.0. The minimum atomic E-state index is -0.847. The fourth-order valence-electron chi connectivity index (χ4n) is 3.12. The van der Waals surface area contributed by atoms with Crippen molar-refractivity contribution >= 4 is 11.9 Å². The standard InChI is InChI=1S/C20H29NO5/c1-2-11-26-17-6-3-15(4-7-17)5-8-19(22)21-14-18(20(23)24)16-9-12-25-13-10-16/h3-4,6-7,16,18H,2,5,8-14H2,1H3,(H,21,22)(H,23,24). The van der Waals surface area contributed by atoms with Gasteiger partial charge in [0.15, 0.2) is 0 Å². The van der Waals surface area contributed by atoms with Crippen LogP contribution in [0.4, 0.5) is 0 Å². The maximum atomic E-state index is 12.1. The summed E-state index contributed by atoms with van der Waals surface area (Å²) in [5, 5.41) is 12.2. The van der Waals surface area contributed by atoms with Crippen molar-refractivity contribution < 1.29 is 24.2 Å². The number of amides is 1. The fourth-order valence-corrected chi connectivity index (χ4v) is 3.12. The highest BCUT2D eigenvalue weighted by molar-refractivity contribution is 5.77. The first-order valence-electron chi connectivity index (χ1n) is 9.39. The molecule has 144 valence electrons. The van der Waals surface area contributed by atoms with Gasteiger partial charge < -0.3 is 19.9 Å². The number of aryl methyl sites for hydroxylation is 1. The van der Waals surface area contributed by atoms with E-state index in [9.17, 15) is 14.7 Å². The molecule has 1 aromatic rings. The first-order chi connectivity index (χ1) is 12.6. The quantitative estimate of drug-likeness (QED) is 0.668. The van der Waals surface area contributed by atoms with Crippen LogP contribution in [0, 0.1) is 11.8 Å². The summed E-state index contributed by atoms with van der Waals surface area (Å²) in [5.74, 6) is -0.606. The van der Waals surface area contributed by atoms with Crippen molar-refractivity contribution in [3.05, 3.63) is 29.8 Å². The smallest absolute Gasteiger partial charge is 0.308 e. The molecular weight excluding hydrogens is 334 g/mol. The van der Waals surface area contributed by atoms with Crippen LogP contribution in [-0.2, 0) is 20.7 Å². The van der Waals surface area contributed by atoms with Gasteiger partial charge in [-0.25, -0.2) is 0 Å². The minimum Gasteiger partial charge on any atom is -0.494 e. The summed E-state index contributed by atoms with van der Waals surface area (Å²) in [6.07, 6.45) is 3.40.